The van der Waals surface area contributed by atoms with E-state index in [1.165, 1.54) is 28.6 Å². The minimum Gasteiger partial charge on any atom is -0.352 e. The topological polar surface area (TPSA) is 86.8 Å². The lowest BCUT2D eigenvalue weighted by molar-refractivity contribution is -0.141. The fraction of sp³-hybridized carbons (Fsp3) is 0.375. The Morgan fingerprint density at radius 2 is 1.61 bits per heavy atom. The normalized spacial score (nSPS) is 12.8. The van der Waals surface area contributed by atoms with E-state index in [4.69, 9.17) is 0 Å². The summed E-state index contributed by atoms with van der Waals surface area (Å²) in [5.41, 5.74) is 3.20. The number of anilines is 1. The summed E-state index contributed by atoms with van der Waals surface area (Å²) in [6, 6.07) is 21.8. The average molecular weight is 582 g/mol. The van der Waals surface area contributed by atoms with Crippen molar-refractivity contribution in [1.29, 1.82) is 0 Å². The first-order valence-corrected chi connectivity index (χ1v) is 15.7. The fourth-order valence-electron chi connectivity index (χ4n) is 4.61. The van der Waals surface area contributed by atoms with Crippen molar-refractivity contribution < 1.29 is 22.4 Å². The minimum absolute atomic E-state index is 0.0287. The van der Waals surface area contributed by atoms with E-state index in [1.807, 2.05) is 75.4 Å². The molecule has 2 amide bonds. The van der Waals surface area contributed by atoms with Gasteiger partial charge < -0.3 is 10.2 Å². The molecule has 7 nitrogen and oxygen atoms in total. The molecule has 0 bridgehead atoms. The summed E-state index contributed by atoms with van der Waals surface area (Å²) in [6.07, 6.45) is 2.42. The standard InChI is InChI=1S/C32H40FN3O4S/c1-5-25(3)34-32(38)30(22-26-12-7-6-8-13-26)35(23-27-14-9-11-24(2)21-27)31(37)15-10-20-36(41(4,39)40)29-18-16-28(33)17-19-29/h6-9,11-14,16-19,21,25,30H,5,10,15,20,22-23H2,1-4H3,(H,34,38)/t25-,30-/m1/s1. The maximum Gasteiger partial charge on any atom is 0.243 e. The van der Waals surface area contributed by atoms with Crippen LogP contribution in [0.15, 0.2) is 78.9 Å². The van der Waals surface area contributed by atoms with E-state index in [1.54, 1.807) is 4.90 Å². The number of nitrogens with one attached hydrogen (secondary N) is 1. The molecule has 0 aliphatic carbocycles. The second-order valence-corrected chi connectivity index (χ2v) is 12.4. The Bertz CT molecular complexity index is 1400. The number of carbonyl (C=O) groups is 2. The van der Waals surface area contributed by atoms with Crippen molar-refractivity contribution in [2.75, 3.05) is 17.1 Å². The Labute approximate surface area is 243 Å². The van der Waals surface area contributed by atoms with Crippen LogP contribution in [-0.2, 0) is 32.6 Å². The molecule has 220 valence electrons. The zero-order valence-electron chi connectivity index (χ0n) is 24.2. The highest BCUT2D eigenvalue weighted by molar-refractivity contribution is 7.92. The quantitative estimate of drug-likeness (QED) is 0.282. The van der Waals surface area contributed by atoms with Crippen LogP contribution in [0.2, 0.25) is 0 Å². The zero-order valence-corrected chi connectivity index (χ0v) is 25.0. The van der Waals surface area contributed by atoms with Gasteiger partial charge in [0, 0.05) is 32.0 Å². The first-order valence-electron chi connectivity index (χ1n) is 13.9. The van der Waals surface area contributed by atoms with E-state index in [0.29, 0.717) is 12.1 Å². The molecule has 0 heterocycles. The smallest absolute Gasteiger partial charge is 0.243 e. The van der Waals surface area contributed by atoms with Gasteiger partial charge in [-0.3, -0.25) is 13.9 Å². The summed E-state index contributed by atoms with van der Waals surface area (Å²) in [5.74, 6) is -0.947. The van der Waals surface area contributed by atoms with Crippen LogP contribution in [0.25, 0.3) is 0 Å². The molecular formula is C32H40FN3O4S. The molecule has 0 spiro atoms. The molecule has 0 aliphatic rings. The SMILES string of the molecule is CC[C@@H](C)NC(=O)[C@@H](Cc1ccccc1)N(Cc1cccc(C)c1)C(=O)CCCN(c1ccc(F)cc1)S(C)(=O)=O. The number of aryl methyl sites for hydroxylation is 1. The summed E-state index contributed by atoms with van der Waals surface area (Å²) < 4.78 is 39.6. The lowest BCUT2D eigenvalue weighted by Crippen LogP contribution is -2.52. The highest BCUT2D eigenvalue weighted by Gasteiger charge is 2.31. The van der Waals surface area contributed by atoms with Crippen LogP contribution in [0, 0.1) is 12.7 Å². The van der Waals surface area contributed by atoms with Crippen LogP contribution < -0.4 is 9.62 Å². The molecule has 41 heavy (non-hydrogen) atoms. The molecule has 0 radical (unpaired) electrons. The number of halogens is 1. The Kier molecular flexibility index (Phi) is 11.5. The number of hydrogen-bond donors (Lipinski definition) is 1. The molecule has 0 aromatic heterocycles. The predicted octanol–water partition coefficient (Wildman–Crippen LogP) is 5.24. The van der Waals surface area contributed by atoms with E-state index in [9.17, 15) is 22.4 Å². The van der Waals surface area contributed by atoms with Gasteiger partial charge in [-0.15, -0.1) is 0 Å². The van der Waals surface area contributed by atoms with E-state index in [2.05, 4.69) is 5.32 Å². The number of carbonyl (C=O) groups excluding carboxylic acids is 2. The fourth-order valence-corrected chi connectivity index (χ4v) is 5.58. The van der Waals surface area contributed by atoms with Gasteiger partial charge in [0.25, 0.3) is 0 Å². The van der Waals surface area contributed by atoms with Crippen LogP contribution in [0.1, 0.15) is 49.8 Å². The van der Waals surface area contributed by atoms with Crippen LogP contribution in [0.3, 0.4) is 0 Å². The van der Waals surface area contributed by atoms with Crippen LogP contribution in [0.4, 0.5) is 10.1 Å². The summed E-state index contributed by atoms with van der Waals surface area (Å²) in [7, 11) is -3.67. The lowest BCUT2D eigenvalue weighted by atomic mass is 10.0. The van der Waals surface area contributed by atoms with Gasteiger partial charge in [0.05, 0.1) is 11.9 Å². The molecule has 3 aromatic rings. The average Bonchev–Trinajstić information content (AvgIpc) is 2.93. The summed E-state index contributed by atoms with van der Waals surface area (Å²) in [4.78, 5) is 29.1. The van der Waals surface area contributed by atoms with Crippen LogP contribution >= 0.6 is 0 Å². The van der Waals surface area contributed by atoms with Crippen molar-refractivity contribution in [3.05, 3.63) is 101 Å². The molecule has 0 fully saturated rings. The highest BCUT2D eigenvalue weighted by Crippen LogP contribution is 2.21. The lowest BCUT2D eigenvalue weighted by Gasteiger charge is -2.33. The molecule has 0 unspecified atom stereocenters. The Morgan fingerprint density at radius 1 is 0.951 bits per heavy atom. The number of nitrogens with zero attached hydrogens (tertiary/aromatic N) is 2. The molecule has 0 aliphatic heterocycles. The van der Waals surface area contributed by atoms with Gasteiger partial charge in [-0.05, 0) is 62.1 Å². The Balaban J connectivity index is 1.89. The Morgan fingerprint density at radius 3 is 2.22 bits per heavy atom. The molecule has 0 saturated heterocycles. The molecular weight excluding hydrogens is 541 g/mol. The van der Waals surface area contributed by atoms with Crippen molar-refractivity contribution in [3.8, 4) is 0 Å². The predicted molar refractivity (Wildman–Crippen MR) is 161 cm³/mol. The van der Waals surface area contributed by atoms with Crippen LogP contribution in [0.5, 0.6) is 0 Å². The molecule has 2 atom stereocenters. The van der Waals surface area contributed by atoms with Gasteiger partial charge in [0.1, 0.15) is 11.9 Å². The van der Waals surface area contributed by atoms with Crippen molar-refractivity contribution in [3.63, 3.8) is 0 Å². The number of benzene rings is 3. The van der Waals surface area contributed by atoms with E-state index in [0.717, 1.165) is 29.4 Å². The van der Waals surface area contributed by atoms with Gasteiger partial charge in [-0.2, -0.15) is 0 Å². The second kappa shape index (κ2) is 14.8. The van der Waals surface area contributed by atoms with Crippen molar-refractivity contribution >= 4 is 27.5 Å². The first kappa shape index (κ1) is 31.8. The van der Waals surface area contributed by atoms with Crippen molar-refractivity contribution in [2.45, 2.75) is 65.1 Å². The summed E-state index contributed by atoms with van der Waals surface area (Å²) in [5, 5.41) is 3.05. The second-order valence-electron chi connectivity index (χ2n) is 10.4. The molecule has 3 rings (SSSR count). The van der Waals surface area contributed by atoms with E-state index < -0.39 is 21.9 Å². The molecule has 3 aromatic carbocycles. The first-order chi connectivity index (χ1) is 19.5. The third-order valence-electron chi connectivity index (χ3n) is 6.97. The van der Waals surface area contributed by atoms with E-state index in [-0.39, 0.29) is 43.8 Å². The zero-order chi connectivity index (χ0) is 30.0. The largest absolute Gasteiger partial charge is 0.352 e. The third-order valence-corrected chi connectivity index (χ3v) is 8.17. The maximum atomic E-state index is 13.9. The van der Waals surface area contributed by atoms with Gasteiger partial charge >= 0.3 is 0 Å². The number of sulfonamides is 1. The van der Waals surface area contributed by atoms with Crippen LogP contribution in [-0.4, -0.2) is 50.0 Å². The molecule has 9 heteroatoms. The summed E-state index contributed by atoms with van der Waals surface area (Å²) in [6.45, 7) is 6.17. The van der Waals surface area contributed by atoms with Gasteiger partial charge in [-0.1, -0.05) is 67.1 Å². The third kappa shape index (κ3) is 9.70. The van der Waals surface area contributed by atoms with E-state index >= 15 is 0 Å². The molecule has 0 saturated carbocycles. The highest BCUT2D eigenvalue weighted by atomic mass is 32.2. The van der Waals surface area contributed by atoms with Gasteiger partial charge in [-0.25, -0.2) is 12.8 Å². The monoisotopic (exact) mass is 581 g/mol. The maximum absolute atomic E-state index is 13.9. The Hall–Kier alpha value is -3.72. The van der Waals surface area contributed by atoms with Gasteiger partial charge in [0.15, 0.2) is 0 Å². The summed E-state index contributed by atoms with van der Waals surface area (Å²) >= 11 is 0. The van der Waals surface area contributed by atoms with Crippen molar-refractivity contribution in [2.24, 2.45) is 0 Å². The molecule has 1 N–H and O–H groups in total. The van der Waals surface area contributed by atoms with Crippen molar-refractivity contribution in [1.82, 2.24) is 10.2 Å². The van der Waals surface area contributed by atoms with Gasteiger partial charge in [0.2, 0.25) is 21.8 Å². The number of amides is 2. The minimum atomic E-state index is -3.67. The number of hydrogen-bond acceptors (Lipinski definition) is 4. The number of rotatable bonds is 14.